The third-order valence-corrected chi connectivity index (χ3v) is 3.18. The first-order valence-electron chi connectivity index (χ1n) is 5.34. The van der Waals surface area contributed by atoms with Crippen molar-refractivity contribution in [3.05, 3.63) is 34.6 Å². The summed E-state index contributed by atoms with van der Waals surface area (Å²) >= 11 is 5.80. The maximum Gasteiger partial charge on any atom is 0.253 e. The fourth-order valence-corrected chi connectivity index (χ4v) is 1.93. The first-order chi connectivity index (χ1) is 7.58. The van der Waals surface area contributed by atoms with Crippen molar-refractivity contribution in [2.24, 2.45) is 5.92 Å². The first-order valence-corrected chi connectivity index (χ1v) is 5.71. The lowest BCUT2D eigenvalue weighted by atomic mass is 10.1. The van der Waals surface area contributed by atoms with E-state index in [4.69, 9.17) is 11.6 Å². The van der Waals surface area contributed by atoms with Gasteiger partial charge in [0.25, 0.3) is 5.91 Å². The van der Waals surface area contributed by atoms with Gasteiger partial charge in [-0.15, -0.1) is 0 Å². The van der Waals surface area contributed by atoms with Crippen LogP contribution in [0, 0.1) is 11.7 Å². The van der Waals surface area contributed by atoms with Gasteiger partial charge in [-0.05, 0) is 43.9 Å². The summed E-state index contributed by atoms with van der Waals surface area (Å²) in [5.74, 6) is -0.0793. The molecule has 2 rings (SSSR count). The van der Waals surface area contributed by atoms with Gasteiger partial charge in [-0.1, -0.05) is 11.6 Å². The average Bonchev–Trinajstić information content (AvgIpc) is 2.99. The van der Waals surface area contributed by atoms with Crippen LogP contribution in [0.4, 0.5) is 4.39 Å². The molecule has 0 aliphatic heterocycles. The van der Waals surface area contributed by atoms with Crippen molar-refractivity contribution < 1.29 is 9.18 Å². The quantitative estimate of drug-likeness (QED) is 0.866. The Bertz CT molecular complexity index is 417. The van der Waals surface area contributed by atoms with Gasteiger partial charge in [-0.3, -0.25) is 4.79 Å². The van der Waals surface area contributed by atoms with Crippen molar-refractivity contribution in [3.63, 3.8) is 0 Å². The van der Waals surface area contributed by atoms with E-state index in [9.17, 15) is 9.18 Å². The minimum absolute atomic E-state index is 0.153. The van der Waals surface area contributed by atoms with Crippen LogP contribution in [0.1, 0.15) is 30.1 Å². The highest BCUT2D eigenvalue weighted by atomic mass is 35.5. The Morgan fingerprint density at radius 2 is 2.25 bits per heavy atom. The Hall–Kier alpha value is -1.09. The van der Waals surface area contributed by atoms with Gasteiger partial charge < -0.3 is 5.32 Å². The Kier molecular flexibility index (Phi) is 3.15. The number of rotatable bonds is 3. The zero-order valence-electron chi connectivity index (χ0n) is 8.97. The molecule has 1 saturated carbocycles. The summed E-state index contributed by atoms with van der Waals surface area (Å²) in [5.41, 5.74) is 0.329. The largest absolute Gasteiger partial charge is 0.349 e. The molecule has 1 unspecified atom stereocenters. The fraction of sp³-hybridized carbons (Fsp3) is 0.417. The molecule has 1 aromatic rings. The van der Waals surface area contributed by atoms with E-state index in [1.165, 1.54) is 25.0 Å². The van der Waals surface area contributed by atoms with Crippen LogP contribution in [0.3, 0.4) is 0 Å². The lowest BCUT2D eigenvalue weighted by Gasteiger charge is -2.13. The molecule has 86 valence electrons. The highest BCUT2D eigenvalue weighted by Crippen LogP contribution is 2.32. The van der Waals surface area contributed by atoms with E-state index in [0.29, 0.717) is 11.5 Å². The second-order valence-corrected chi connectivity index (χ2v) is 4.63. The molecule has 16 heavy (non-hydrogen) atoms. The van der Waals surface area contributed by atoms with Crippen molar-refractivity contribution in [2.75, 3.05) is 0 Å². The SMILES string of the molecule is CC(NC(=O)c1ccc(F)cc1Cl)C1CC1. The summed E-state index contributed by atoms with van der Waals surface area (Å²) < 4.78 is 12.8. The van der Waals surface area contributed by atoms with Crippen molar-refractivity contribution in [3.8, 4) is 0 Å². The van der Waals surface area contributed by atoms with Crippen molar-refractivity contribution in [1.82, 2.24) is 5.32 Å². The molecular formula is C12H13ClFNO. The topological polar surface area (TPSA) is 29.1 Å². The molecule has 1 atom stereocenters. The summed E-state index contributed by atoms with van der Waals surface area (Å²) in [7, 11) is 0. The van der Waals surface area contributed by atoms with Gasteiger partial charge in [-0.25, -0.2) is 4.39 Å². The van der Waals surface area contributed by atoms with Gasteiger partial charge >= 0.3 is 0 Å². The molecule has 0 radical (unpaired) electrons. The molecule has 0 saturated heterocycles. The van der Waals surface area contributed by atoms with E-state index in [1.54, 1.807) is 0 Å². The number of carbonyl (C=O) groups excluding carboxylic acids is 1. The second kappa shape index (κ2) is 4.42. The zero-order valence-corrected chi connectivity index (χ0v) is 9.72. The summed E-state index contributed by atoms with van der Waals surface area (Å²) in [6, 6.07) is 3.96. The lowest BCUT2D eigenvalue weighted by molar-refractivity contribution is 0.0936. The van der Waals surface area contributed by atoms with Crippen molar-refractivity contribution in [1.29, 1.82) is 0 Å². The fourth-order valence-electron chi connectivity index (χ4n) is 1.67. The monoisotopic (exact) mass is 241 g/mol. The molecular weight excluding hydrogens is 229 g/mol. The number of hydrogen-bond donors (Lipinski definition) is 1. The second-order valence-electron chi connectivity index (χ2n) is 4.22. The maximum atomic E-state index is 12.8. The molecule has 0 aromatic heterocycles. The number of hydrogen-bond acceptors (Lipinski definition) is 1. The Morgan fingerprint density at radius 1 is 1.56 bits per heavy atom. The van der Waals surface area contributed by atoms with Crippen LogP contribution >= 0.6 is 11.6 Å². The van der Waals surface area contributed by atoms with Crippen molar-refractivity contribution in [2.45, 2.75) is 25.8 Å². The Labute approximate surface area is 98.8 Å². The van der Waals surface area contributed by atoms with Crippen LogP contribution in [-0.2, 0) is 0 Å². The maximum absolute atomic E-state index is 12.8. The van der Waals surface area contributed by atoms with E-state index < -0.39 is 5.82 Å². The van der Waals surface area contributed by atoms with Crippen LogP contribution < -0.4 is 5.32 Å². The summed E-state index contributed by atoms with van der Waals surface area (Å²) in [5, 5.41) is 3.03. The molecule has 1 fully saturated rings. The first kappa shape index (κ1) is 11.4. The van der Waals surface area contributed by atoms with Crippen LogP contribution in [0.5, 0.6) is 0 Å². The van der Waals surface area contributed by atoms with E-state index in [1.807, 2.05) is 6.92 Å². The zero-order chi connectivity index (χ0) is 11.7. The molecule has 1 aromatic carbocycles. The molecule has 0 bridgehead atoms. The van der Waals surface area contributed by atoms with Gasteiger partial charge in [0.2, 0.25) is 0 Å². The Balaban J connectivity index is 2.07. The van der Waals surface area contributed by atoms with Crippen LogP contribution in [0.15, 0.2) is 18.2 Å². The van der Waals surface area contributed by atoms with Crippen molar-refractivity contribution >= 4 is 17.5 Å². The number of nitrogens with one attached hydrogen (secondary N) is 1. The van der Waals surface area contributed by atoms with Crippen LogP contribution in [-0.4, -0.2) is 11.9 Å². The highest BCUT2D eigenvalue weighted by molar-refractivity contribution is 6.33. The Morgan fingerprint density at radius 3 is 2.81 bits per heavy atom. The molecule has 0 heterocycles. The minimum atomic E-state index is -0.434. The van der Waals surface area contributed by atoms with Gasteiger partial charge in [-0.2, -0.15) is 0 Å². The van der Waals surface area contributed by atoms with E-state index >= 15 is 0 Å². The predicted octanol–water partition coefficient (Wildman–Crippen LogP) is 3.01. The molecule has 1 N–H and O–H groups in total. The number of amides is 1. The summed E-state index contributed by atoms with van der Waals surface area (Å²) in [4.78, 5) is 11.8. The van der Waals surface area contributed by atoms with E-state index in [-0.39, 0.29) is 17.0 Å². The third kappa shape index (κ3) is 2.53. The van der Waals surface area contributed by atoms with Gasteiger partial charge in [0, 0.05) is 6.04 Å². The molecule has 1 amide bonds. The van der Waals surface area contributed by atoms with E-state index in [0.717, 1.165) is 6.07 Å². The molecule has 1 aliphatic rings. The predicted molar refractivity (Wildman–Crippen MR) is 61.1 cm³/mol. The van der Waals surface area contributed by atoms with Gasteiger partial charge in [0.1, 0.15) is 5.82 Å². The molecule has 2 nitrogen and oxygen atoms in total. The lowest BCUT2D eigenvalue weighted by Crippen LogP contribution is -2.34. The van der Waals surface area contributed by atoms with Crippen LogP contribution in [0.25, 0.3) is 0 Å². The summed E-state index contributed by atoms with van der Waals surface area (Å²) in [6.07, 6.45) is 2.33. The normalized spacial score (nSPS) is 16.9. The van der Waals surface area contributed by atoms with Gasteiger partial charge in [0.05, 0.1) is 10.6 Å². The molecule has 4 heteroatoms. The smallest absolute Gasteiger partial charge is 0.253 e. The summed E-state index contributed by atoms with van der Waals surface area (Å²) in [6.45, 7) is 1.98. The number of benzene rings is 1. The average molecular weight is 242 g/mol. The third-order valence-electron chi connectivity index (χ3n) is 2.86. The standard InChI is InChI=1S/C12H13ClFNO/c1-7(8-2-3-8)15-12(16)10-5-4-9(14)6-11(10)13/h4-8H,2-3H2,1H3,(H,15,16). The minimum Gasteiger partial charge on any atom is -0.349 e. The van der Waals surface area contributed by atoms with E-state index in [2.05, 4.69) is 5.32 Å². The highest BCUT2D eigenvalue weighted by Gasteiger charge is 2.29. The number of carbonyl (C=O) groups is 1. The number of halogens is 2. The molecule has 1 aliphatic carbocycles. The van der Waals surface area contributed by atoms with Gasteiger partial charge in [0.15, 0.2) is 0 Å². The molecule has 0 spiro atoms. The van der Waals surface area contributed by atoms with Crippen LogP contribution in [0.2, 0.25) is 5.02 Å².